The van der Waals surface area contributed by atoms with Crippen LogP contribution in [0.5, 0.6) is 17.5 Å². The van der Waals surface area contributed by atoms with Crippen LogP contribution in [0.2, 0.25) is 0 Å². The fourth-order valence-electron chi connectivity index (χ4n) is 4.26. The Morgan fingerprint density at radius 3 is 2.49 bits per heavy atom. The van der Waals surface area contributed by atoms with Crippen LogP contribution in [0.25, 0.3) is 11.2 Å². The van der Waals surface area contributed by atoms with Gasteiger partial charge in [0.25, 0.3) is 5.56 Å². The van der Waals surface area contributed by atoms with Crippen LogP contribution in [0.1, 0.15) is 12.0 Å². The minimum atomic E-state index is -4.95. The predicted octanol–water partition coefficient (Wildman–Crippen LogP) is 3.88. The smallest absolute Gasteiger partial charge is 0.425 e. The summed E-state index contributed by atoms with van der Waals surface area (Å²) in [6.07, 6.45) is 3.39. The molecule has 10 nitrogen and oxygen atoms in total. The molecule has 0 aliphatic heterocycles. The number of fused-ring (bicyclic) bond motifs is 1. The molecule has 43 heavy (non-hydrogen) atoms. The van der Waals surface area contributed by atoms with E-state index in [1.807, 2.05) is 0 Å². The van der Waals surface area contributed by atoms with E-state index in [4.69, 9.17) is 11.2 Å². The van der Waals surface area contributed by atoms with Crippen LogP contribution in [0.4, 0.5) is 17.6 Å². The Morgan fingerprint density at radius 1 is 1.12 bits per heavy atom. The fraction of sp³-hybridized carbons (Fsp3) is 0.241. The number of imidazole rings is 1. The molecule has 2 aromatic carbocycles. The molecule has 0 radical (unpaired) electrons. The number of alkyl halides is 3. The van der Waals surface area contributed by atoms with E-state index in [1.54, 1.807) is 0 Å². The molecule has 0 atom stereocenters. The SMILES string of the molecule is C#C/C=C(\C=N/C)Cn1c(=O)n(CCCO)c(=O)c2c1nc(Oc1cccc(OC(F)(F)F)c1)n2Cc1ccc(F)cc1. The second kappa shape index (κ2) is 13.2. The van der Waals surface area contributed by atoms with Gasteiger partial charge in [-0.3, -0.25) is 23.5 Å². The molecule has 0 saturated carbocycles. The van der Waals surface area contributed by atoms with Gasteiger partial charge in [-0.1, -0.05) is 24.1 Å². The highest BCUT2D eigenvalue weighted by molar-refractivity contribution is 5.80. The number of rotatable bonds is 11. The molecule has 0 saturated heterocycles. The minimum Gasteiger partial charge on any atom is -0.425 e. The molecular formula is C29H25F4N5O5. The van der Waals surface area contributed by atoms with Gasteiger partial charge < -0.3 is 14.6 Å². The summed E-state index contributed by atoms with van der Waals surface area (Å²) in [6, 6.07) is 9.78. The van der Waals surface area contributed by atoms with E-state index in [1.165, 1.54) is 64.9 Å². The topological polar surface area (TPSA) is 113 Å². The number of aromatic nitrogens is 4. The van der Waals surface area contributed by atoms with Gasteiger partial charge in [-0.2, -0.15) is 4.98 Å². The van der Waals surface area contributed by atoms with Crippen molar-refractivity contribution in [3.63, 3.8) is 0 Å². The highest BCUT2D eigenvalue weighted by Crippen LogP contribution is 2.30. The molecule has 14 heteroatoms. The number of hydrogen-bond donors (Lipinski definition) is 1. The van der Waals surface area contributed by atoms with Gasteiger partial charge in [-0.25, -0.2) is 9.18 Å². The van der Waals surface area contributed by atoms with Crippen LogP contribution >= 0.6 is 0 Å². The van der Waals surface area contributed by atoms with Crippen molar-refractivity contribution < 1.29 is 32.1 Å². The molecule has 0 spiro atoms. The average Bonchev–Trinajstić information content (AvgIpc) is 3.29. The molecule has 0 bridgehead atoms. The van der Waals surface area contributed by atoms with E-state index in [0.29, 0.717) is 11.1 Å². The van der Waals surface area contributed by atoms with Gasteiger partial charge in [-0.15, -0.1) is 19.6 Å². The highest BCUT2D eigenvalue weighted by atomic mass is 19.4. The zero-order valence-electron chi connectivity index (χ0n) is 22.7. The van der Waals surface area contributed by atoms with Crippen LogP contribution in [0.15, 0.2) is 74.8 Å². The zero-order valence-corrected chi connectivity index (χ0v) is 22.7. The van der Waals surface area contributed by atoms with Gasteiger partial charge in [0.05, 0.1) is 13.1 Å². The first-order valence-corrected chi connectivity index (χ1v) is 12.7. The van der Waals surface area contributed by atoms with Gasteiger partial charge in [0.1, 0.15) is 17.3 Å². The number of aliphatic hydroxyl groups is 1. The molecule has 4 rings (SSSR count). The molecule has 0 aliphatic carbocycles. The molecule has 1 N–H and O–H groups in total. The van der Waals surface area contributed by atoms with Gasteiger partial charge in [0, 0.05) is 32.5 Å². The summed E-state index contributed by atoms with van der Waals surface area (Å²) in [5.41, 5.74) is -0.763. The number of hydrogen-bond acceptors (Lipinski definition) is 7. The third kappa shape index (κ3) is 7.38. The Balaban J connectivity index is 1.98. The lowest BCUT2D eigenvalue weighted by Gasteiger charge is -2.13. The van der Waals surface area contributed by atoms with Crippen LogP contribution < -0.4 is 20.7 Å². The molecule has 0 unspecified atom stereocenters. The van der Waals surface area contributed by atoms with Gasteiger partial charge in [0.15, 0.2) is 11.2 Å². The monoisotopic (exact) mass is 599 g/mol. The Hall–Kier alpha value is -5.16. The van der Waals surface area contributed by atoms with Crippen LogP contribution in [-0.4, -0.2) is 50.0 Å². The molecule has 0 aliphatic rings. The van der Waals surface area contributed by atoms with Crippen molar-refractivity contribution in [1.82, 2.24) is 18.7 Å². The molecule has 4 aromatic rings. The Labute approximate surface area is 241 Å². The maximum Gasteiger partial charge on any atom is 0.573 e. The Bertz CT molecular complexity index is 1830. The molecule has 2 heterocycles. The number of halogens is 4. The summed E-state index contributed by atoms with van der Waals surface area (Å²) in [6.45, 7) is -0.678. The number of allylic oxidation sites excluding steroid dienone is 2. The van der Waals surface area contributed by atoms with Crippen molar-refractivity contribution in [2.75, 3.05) is 13.7 Å². The van der Waals surface area contributed by atoms with Crippen LogP contribution in [-0.2, 0) is 19.6 Å². The van der Waals surface area contributed by atoms with E-state index >= 15 is 0 Å². The quantitative estimate of drug-likeness (QED) is 0.159. The van der Waals surface area contributed by atoms with Crippen LogP contribution in [0, 0.1) is 18.2 Å². The third-order valence-corrected chi connectivity index (χ3v) is 6.03. The molecule has 224 valence electrons. The second-order valence-electron chi connectivity index (χ2n) is 9.08. The van der Waals surface area contributed by atoms with Gasteiger partial charge in [-0.05, 0) is 47.9 Å². The summed E-state index contributed by atoms with van der Waals surface area (Å²) in [5, 5.41) is 9.39. The lowest BCUT2D eigenvalue weighted by atomic mass is 10.2. The number of terminal acetylenes is 1. The second-order valence-corrected chi connectivity index (χ2v) is 9.08. The molecular weight excluding hydrogens is 574 g/mol. The first kappa shape index (κ1) is 30.8. The van der Waals surface area contributed by atoms with E-state index < -0.39 is 29.2 Å². The number of benzene rings is 2. The van der Waals surface area contributed by atoms with Crippen molar-refractivity contribution in [1.29, 1.82) is 0 Å². The number of ether oxygens (including phenoxy) is 2. The van der Waals surface area contributed by atoms with Crippen molar-refractivity contribution in [3.8, 4) is 29.9 Å². The lowest BCUT2D eigenvalue weighted by Crippen LogP contribution is -2.41. The van der Waals surface area contributed by atoms with Crippen molar-refractivity contribution in [2.24, 2.45) is 4.99 Å². The summed E-state index contributed by atoms with van der Waals surface area (Å²) in [7, 11) is 1.50. The average molecular weight is 600 g/mol. The van der Waals surface area contributed by atoms with Crippen molar-refractivity contribution in [2.45, 2.75) is 32.4 Å². The standard InChI is InChI=1S/C29H25F4N5O5/c1-3-6-20(16-34-2)18-38-25-24(26(40)36(28(38)41)13-5-14-39)37(17-19-9-11-21(30)12-10-19)27(35-25)42-22-7-4-8-23(15-22)43-29(31,32)33/h1,4,6-12,15-16,39H,5,13-14,17-18H2,2H3/b20-6+,34-16-. The van der Waals surface area contributed by atoms with Gasteiger partial charge in [0.2, 0.25) is 0 Å². The number of aliphatic imine (C=N–C) groups is 1. The summed E-state index contributed by atoms with van der Waals surface area (Å²) in [5.74, 6) is 1.20. The lowest BCUT2D eigenvalue weighted by molar-refractivity contribution is -0.274. The fourth-order valence-corrected chi connectivity index (χ4v) is 4.26. The van der Waals surface area contributed by atoms with Crippen LogP contribution in [0.3, 0.4) is 0 Å². The minimum absolute atomic E-state index is 0.0889. The largest absolute Gasteiger partial charge is 0.573 e. The Kier molecular flexibility index (Phi) is 9.46. The number of nitrogens with zero attached hydrogens (tertiary/aromatic N) is 5. The van der Waals surface area contributed by atoms with E-state index in [9.17, 15) is 32.3 Å². The summed E-state index contributed by atoms with van der Waals surface area (Å²) < 4.78 is 65.4. The normalized spacial score (nSPS) is 12.2. The van der Waals surface area contributed by atoms with E-state index in [2.05, 4.69) is 20.6 Å². The zero-order chi connectivity index (χ0) is 31.1. The third-order valence-electron chi connectivity index (χ3n) is 6.03. The van der Waals surface area contributed by atoms with E-state index in [-0.39, 0.29) is 55.6 Å². The van der Waals surface area contributed by atoms with Gasteiger partial charge >= 0.3 is 18.1 Å². The van der Waals surface area contributed by atoms with Crippen molar-refractivity contribution >= 4 is 17.4 Å². The molecule has 0 fully saturated rings. The summed E-state index contributed by atoms with van der Waals surface area (Å²) in [4.78, 5) is 35.7. The molecule has 2 aromatic heterocycles. The van der Waals surface area contributed by atoms with Crippen molar-refractivity contribution in [3.05, 3.63) is 92.4 Å². The number of aliphatic hydroxyl groups excluding tert-OH is 1. The van der Waals surface area contributed by atoms with E-state index in [0.717, 1.165) is 16.7 Å². The highest BCUT2D eigenvalue weighted by Gasteiger charge is 2.31. The molecule has 0 amide bonds. The summed E-state index contributed by atoms with van der Waals surface area (Å²) >= 11 is 0. The first-order chi connectivity index (χ1) is 20.5. The maximum atomic E-state index is 13.8. The predicted molar refractivity (Wildman–Crippen MR) is 150 cm³/mol. The maximum absolute atomic E-state index is 13.8. The first-order valence-electron chi connectivity index (χ1n) is 12.7. The Morgan fingerprint density at radius 2 is 1.84 bits per heavy atom.